The molecule has 1 atom stereocenters. The van der Waals surface area contributed by atoms with Gasteiger partial charge in [0.05, 0.1) is 5.92 Å². The molecule has 0 aromatic heterocycles. The Morgan fingerprint density at radius 3 is 2.62 bits per heavy atom. The highest BCUT2D eigenvalue weighted by molar-refractivity contribution is 6.32. The predicted octanol–water partition coefficient (Wildman–Crippen LogP) is 3.68. The zero-order chi connectivity index (χ0) is 11.7. The molecule has 82 valence electrons. The number of rotatable bonds is 2. The Morgan fingerprint density at radius 2 is 1.94 bits per heavy atom. The summed E-state index contributed by atoms with van der Waals surface area (Å²) >= 11 is 6.08. The van der Waals surface area contributed by atoms with Gasteiger partial charge in [-0.1, -0.05) is 41.9 Å². The highest BCUT2D eigenvalue weighted by Gasteiger charge is 2.19. The van der Waals surface area contributed by atoms with E-state index in [1.807, 2.05) is 30.3 Å². The fourth-order valence-corrected chi connectivity index (χ4v) is 2.16. The van der Waals surface area contributed by atoms with Crippen molar-refractivity contribution in [3.63, 3.8) is 0 Å². The van der Waals surface area contributed by atoms with Crippen molar-refractivity contribution < 1.29 is 9.90 Å². The SMILES string of the molecule is CC(C(=O)O)c1c(Cl)ccc2ccccc12. The maximum Gasteiger partial charge on any atom is 0.310 e. The molecule has 0 saturated heterocycles. The molecule has 0 heterocycles. The largest absolute Gasteiger partial charge is 0.481 e. The first-order valence-corrected chi connectivity index (χ1v) is 5.39. The first-order valence-electron chi connectivity index (χ1n) is 5.01. The Hall–Kier alpha value is -1.54. The quantitative estimate of drug-likeness (QED) is 0.861. The van der Waals surface area contributed by atoms with Crippen molar-refractivity contribution in [2.45, 2.75) is 12.8 Å². The first kappa shape index (κ1) is 11.0. The van der Waals surface area contributed by atoms with Crippen molar-refractivity contribution in [3.05, 3.63) is 47.0 Å². The number of fused-ring (bicyclic) bond motifs is 1. The number of carboxylic acids is 1. The van der Waals surface area contributed by atoms with E-state index in [2.05, 4.69) is 0 Å². The number of benzene rings is 2. The van der Waals surface area contributed by atoms with Gasteiger partial charge in [0.25, 0.3) is 0 Å². The van der Waals surface area contributed by atoms with Gasteiger partial charge in [0.2, 0.25) is 0 Å². The van der Waals surface area contributed by atoms with Crippen molar-refractivity contribution in [3.8, 4) is 0 Å². The Bertz CT molecular complexity index is 549. The number of carboxylic acid groups (broad SMARTS) is 1. The fourth-order valence-electron chi connectivity index (χ4n) is 1.83. The summed E-state index contributed by atoms with van der Waals surface area (Å²) in [6.45, 7) is 1.65. The lowest BCUT2D eigenvalue weighted by Gasteiger charge is -2.12. The van der Waals surface area contributed by atoms with E-state index in [4.69, 9.17) is 16.7 Å². The Kier molecular flexibility index (Phi) is 2.84. The fraction of sp³-hybridized carbons (Fsp3) is 0.154. The van der Waals surface area contributed by atoms with Gasteiger partial charge in [-0.15, -0.1) is 0 Å². The van der Waals surface area contributed by atoms with Gasteiger partial charge in [-0.25, -0.2) is 0 Å². The summed E-state index contributed by atoms with van der Waals surface area (Å²) in [4.78, 5) is 11.0. The van der Waals surface area contributed by atoms with Crippen LogP contribution >= 0.6 is 11.6 Å². The molecule has 3 heteroatoms. The lowest BCUT2D eigenvalue weighted by atomic mass is 9.95. The minimum atomic E-state index is -0.863. The van der Waals surface area contributed by atoms with Crippen LogP contribution in [0.3, 0.4) is 0 Å². The van der Waals surface area contributed by atoms with E-state index in [1.54, 1.807) is 13.0 Å². The molecule has 0 spiro atoms. The molecule has 2 nitrogen and oxygen atoms in total. The van der Waals surface area contributed by atoms with Crippen LogP contribution in [0, 0.1) is 0 Å². The third kappa shape index (κ3) is 1.76. The molecule has 16 heavy (non-hydrogen) atoms. The Balaban J connectivity index is 2.75. The molecular weight excluding hydrogens is 224 g/mol. The molecule has 1 unspecified atom stereocenters. The van der Waals surface area contributed by atoms with Crippen molar-refractivity contribution in [2.75, 3.05) is 0 Å². The van der Waals surface area contributed by atoms with Gasteiger partial charge in [-0.3, -0.25) is 4.79 Å². The van der Waals surface area contributed by atoms with Crippen molar-refractivity contribution >= 4 is 28.3 Å². The molecule has 0 fully saturated rings. The van der Waals surface area contributed by atoms with Crippen molar-refractivity contribution in [1.82, 2.24) is 0 Å². The van der Waals surface area contributed by atoms with E-state index in [0.29, 0.717) is 10.6 Å². The van der Waals surface area contributed by atoms with Crippen LogP contribution in [0.15, 0.2) is 36.4 Å². The average molecular weight is 235 g/mol. The molecule has 0 radical (unpaired) electrons. The van der Waals surface area contributed by atoms with E-state index in [9.17, 15) is 4.79 Å². The van der Waals surface area contributed by atoms with Crippen LogP contribution in [0.2, 0.25) is 5.02 Å². The average Bonchev–Trinajstić information content (AvgIpc) is 2.28. The van der Waals surface area contributed by atoms with Gasteiger partial charge >= 0.3 is 5.97 Å². The summed E-state index contributed by atoms with van der Waals surface area (Å²) in [5.74, 6) is -1.46. The van der Waals surface area contributed by atoms with Crippen LogP contribution in [0.1, 0.15) is 18.4 Å². The zero-order valence-corrected chi connectivity index (χ0v) is 9.53. The Labute approximate surface area is 98.5 Å². The second-order valence-corrected chi connectivity index (χ2v) is 4.15. The van der Waals surface area contributed by atoms with Crippen LogP contribution in [0.5, 0.6) is 0 Å². The number of aliphatic carboxylic acids is 1. The van der Waals surface area contributed by atoms with Crippen molar-refractivity contribution in [1.29, 1.82) is 0 Å². The predicted molar refractivity (Wildman–Crippen MR) is 65.0 cm³/mol. The van der Waals surface area contributed by atoms with Gasteiger partial charge in [0.1, 0.15) is 0 Å². The second kappa shape index (κ2) is 4.14. The molecular formula is C13H11ClO2. The van der Waals surface area contributed by atoms with Gasteiger partial charge in [-0.2, -0.15) is 0 Å². The van der Waals surface area contributed by atoms with E-state index in [-0.39, 0.29) is 0 Å². The molecule has 0 aliphatic carbocycles. The zero-order valence-electron chi connectivity index (χ0n) is 8.77. The van der Waals surface area contributed by atoms with E-state index in [0.717, 1.165) is 10.8 Å². The summed E-state index contributed by atoms with van der Waals surface area (Å²) in [6, 6.07) is 11.3. The molecule has 2 aromatic carbocycles. The van der Waals surface area contributed by atoms with E-state index >= 15 is 0 Å². The Morgan fingerprint density at radius 1 is 1.25 bits per heavy atom. The molecule has 0 bridgehead atoms. The summed E-state index contributed by atoms with van der Waals surface area (Å²) in [5, 5.41) is 11.5. The molecule has 0 saturated carbocycles. The summed E-state index contributed by atoms with van der Waals surface area (Å²) in [6.07, 6.45) is 0. The number of carbonyl (C=O) groups is 1. The van der Waals surface area contributed by atoms with E-state index < -0.39 is 11.9 Å². The van der Waals surface area contributed by atoms with Gasteiger partial charge < -0.3 is 5.11 Å². The number of halogens is 1. The third-order valence-corrected chi connectivity index (χ3v) is 3.05. The molecule has 2 aromatic rings. The topological polar surface area (TPSA) is 37.3 Å². The van der Waals surface area contributed by atoms with Crippen LogP contribution < -0.4 is 0 Å². The maximum absolute atomic E-state index is 11.0. The molecule has 0 amide bonds. The summed E-state index contributed by atoms with van der Waals surface area (Å²) in [7, 11) is 0. The van der Waals surface area contributed by atoms with Gasteiger partial charge in [0, 0.05) is 5.02 Å². The highest BCUT2D eigenvalue weighted by atomic mass is 35.5. The highest BCUT2D eigenvalue weighted by Crippen LogP contribution is 2.32. The summed E-state index contributed by atoms with van der Waals surface area (Å²) in [5.41, 5.74) is 0.687. The van der Waals surface area contributed by atoms with Gasteiger partial charge in [-0.05, 0) is 29.3 Å². The number of hydrogen-bond donors (Lipinski definition) is 1. The number of hydrogen-bond acceptors (Lipinski definition) is 1. The van der Waals surface area contributed by atoms with E-state index in [1.165, 1.54) is 0 Å². The van der Waals surface area contributed by atoms with Crippen LogP contribution in [0.25, 0.3) is 10.8 Å². The minimum Gasteiger partial charge on any atom is -0.481 e. The van der Waals surface area contributed by atoms with Gasteiger partial charge in [0.15, 0.2) is 0 Å². The molecule has 0 aliphatic heterocycles. The molecule has 2 rings (SSSR count). The van der Waals surface area contributed by atoms with Crippen LogP contribution in [0.4, 0.5) is 0 Å². The second-order valence-electron chi connectivity index (χ2n) is 3.74. The van der Waals surface area contributed by atoms with Crippen LogP contribution in [-0.2, 0) is 4.79 Å². The smallest absolute Gasteiger partial charge is 0.310 e. The van der Waals surface area contributed by atoms with Crippen LogP contribution in [-0.4, -0.2) is 11.1 Å². The maximum atomic E-state index is 11.0. The lowest BCUT2D eigenvalue weighted by Crippen LogP contribution is -2.08. The monoisotopic (exact) mass is 234 g/mol. The lowest BCUT2D eigenvalue weighted by molar-refractivity contribution is -0.138. The normalized spacial score (nSPS) is 12.6. The summed E-state index contributed by atoms with van der Waals surface area (Å²) < 4.78 is 0. The minimum absolute atomic E-state index is 0.508. The van der Waals surface area contributed by atoms with Crippen molar-refractivity contribution in [2.24, 2.45) is 0 Å². The standard InChI is InChI=1S/C13H11ClO2/c1-8(13(15)16)12-10-5-3-2-4-9(10)6-7-11(12)14/h2-8H,1H3,(H,15,16). The third-order valence-electron chi connectivity index (χ3n) is 2.72. The molecule has 0 aliphatic rings. The molecule has 1 N–H and O–H groups in total. The first-order chi connectivity index (χ1) is 7.61.